The van der Waals surface area contributed by atoms with Crippen molar-refractivity contribution in [3.63, 3.8) is 0 Å². The molecule has 12 heteroatoms. The fraction of sp³-hybridized carbons (Fsp3) is 0.163. The molecule has 2 saturated heterocycles. The number of hydrogen-bond donors (Lipinski definition) is 2. The van der Waals surface area contributed by atoms with Crippen molar-refractivity contribution < 1.29 is 32.8 Å². The number of halogens is 2. The predicted molar refractivity (Wildman–Crippen MR) is 234 cm³/mol. The van der Waals surface area contributed by atoms with Gasteiger partial charge in [0.1, 0.15) is 11.6 Å². The van der Waals surface area contributed by atoms with Crippen molar-refractivity contribution >= 4 is 52.7 Å². The number of nitrogens with zero attached hydrogens (tertiary/aromatic N) is 2. The number of amides is 4. The number of hydrogen-bond acceptors (Lipinski definition) is 7. The largest absolute Gasteiger partial charge is 0.327 e. The smallest absolute Gasteiger partial charge is 0.290 e. The minimum atomic E-state index is -1.03. The van der Waals surface area contributed by atoms with Crippen LogP contribution in [-0.4, -0.2) is 57.7 Å². The van der Waals surface area contributed by atoms with Crippen LogP contribution < -0.4 is 10.6 Å². The van der Waals surface area contributed by atoms with Crippen LogP contribution in [0.3, 0.4) is 0 Å². The highest BCUT2D eigenvalue weighted by Crippen LogP contribution is 2.32. The molecule has 2 aliphatic rings. The summed E-state index contributed by atoms with van der Waals surface area (Å²) in [5.41, 5.74) is 4.87. The van der Waals surface area contributed by atoms with Crippen LogP contribution in [-0.2, 0) is 16.1 Å². The fourth-order valence-electron chi connectivity index (χ4n) is 7.41. The van der Waals surface area contributed by atoms with Gasteiger partial charge >= 0.3 is 0 Å². The number of rotatable bonds is 13. The maximum Gasteiger partial charge on any atom is 0.290 e. The molecule has 61 heavy (non-hydrogen) atoms. The second kappa shape index (κ2) is 19.1. The molecular weight excluding hydrogens is 795 g/mol. The second-order valence-corrected chi connectivity index (χ2v) is 16.1. The van der Waals surface area contributed by atoms with Crippen LogP contribution in [0.15, 0.2) is 144 Å². The Hall–Kier alpha value is -6.76. The lowest BCUT2D eigenvalue weighted by Crippen LogP contribution is -2.40. The molecule has 0 aromatic heterocycles. The number of imide groups is 1. The van der Waals surface area contributed by atoms with Crippen LogP contribution >= 0.6 is 11.8 Å². The zero-order valence-electron chi connectivity index (χ0n) is 33.4. The van der Waals surface area contributed by atoms with Gasteiger partial charge < -0.3 is 10.2 Å². The van der Waals surface area contributed by atoms with E-state index in [9.17, 15) is 32.8 Å². The van der Waals surface area contributed by atoms with E-state index in [0.717, 1.165) is 40.6 Å². The van der Waals surface area contributed by atoms with Crippen LogP contribution in [0.4, 0.5) is 13.6 Å². The molecule has 7 rings (SSSR count). The average Bonchev–Trinajstić information content (AvgIpc) is 3.83. The van der Waals surface area contributed by atoms with Crippen molar-refractivity contribution in [2.75, 3.05) is 13.1 Å². The summed E-state index contributed by atoms with van der Waals surface area (Å²) in [7, 11) is 0. The van der Waals surface area contributed by atoms with E-state index in [-0.39, 0.29) is 35.2 Å². The summed E-state index contributed by atoms with van der Waals surface area (Å²) in [5.74, 6) is -3.76. The molecule has 0 saturated carbocycles. The van der Waals surface area contributed by atoms with E-state index in [1.807, 2.05) is 30.3 Å². The molecule has 9 nitrogen and oxygen atoms in total. The summed E-state index contributed by atoms with van der Waals surface area (Å²) in [6, 6.07) is 34.1. The first kappa shape index (κ1) is 42.4. The number of ketones is 1. The minimum absolute atomic E-state index is 0.0374. The number of benzene rings is 5. The Bertz CT molecular complexity index is 2590. The topological polar surface area (TPSA) is 116 Å². The van der Waals surface area contributed by atoms with Gasteiger partial charge in [0.05, 0.1) is 16.0 Å². The summed E-state index contributed by atoms with van der Waals surface area (Å²) in [4.78, 5) is 69.3. The number of thioether (sulfide) groups is 1. The molecule has 1 atom stereocenters. The van der Waals surface area contributed by atoms with Gasteiger partial charge in [0.2, 0.25) is 5.91 Å². The Labute approximate surface area is 356 Å². The van der Waals surface area contributed by atoms with Crippen molar-refractivity contribution in [2.24, 2.45) is 5.92 Å². The molecule has 2 heterocycles. The zero-order valence-corrected chi connectivity index (χ0v) is 34.3. The molecule has 2 N–H and O–H groups in total. The quantitative estimate of drug-likeness (QED) is 0.0898. The standard InChI is InChI=1S/C49H42F2N4O5S/c1-31(2)28-54(29-35-12-6-7-13-39(35)34-10-4-3-5-11-34)38-26-37(27-52-45(56)23-20-32-16-18-33(19-17-32)24-44-47(58)53-49(60)61-44)55(30-38)48(59)41-15-9-8-14-40(41)46(57)42-22-21-36(50)25-43(42)51/h3-25,27,31,38H,26,28-30H2,1-2H3,(H,52,56)(H,53,58,60)/b23-20+,37-27-,44-24-/t38-/m1/s1. The number of nitrogens with one attached hydrogen (secondary N) is 2. The second-order valence-electron chi connectivity index (χ2n) is 15.1. The molecule has 4 amide bonds. The van der Waals surface area contributed by atoms with E-state index < -0.39 is 40.4 Å². The van der Waals surface area contributed by atoms with E-state index in [4.69, 9.17) is 0 Å². The van der Waals surface area contributed by atoms with Crippen LogP contribution in [0.1, 0.15) is 63.2 Å². The molecule has 0 aliphatic carbocycles. The van der Waals surface area contributed by atoms with E-state index in [2.05, 4.69) is 53.6 Å². The Morgan fingerprint density at radius 1 is 0.852 bits per heavy atom. The van der Waals surface area contributed by atoms with Crippen LogP contribution in [0.2, 0.25) is 0 Å². The summed E-state index contributed by atoms with van der Waals surface area (Å²) >= 11 is 0.831. The fourth-order valence-corrected chi connectivity index (χ4v) is 8.09. The number of carbonyl (C=O) groups is 5. The van der Waals surface area contributed by atoms with Crippen molar-refractivity contribution in [1.29, 1.82) is 0 Å². The third-order valence-electron chi connectivity index (χ3n) is 10.3. The average molecular weight is 837 g/mol. The highest BCUT2D eigenvalue weighted by Gasteiger charge is 2.37. The highest BCUT2D eigenvalue weighted by molar-refractivity contribution is 8.18. The molecule has 2 aliphatic heterocycles. The zero-order chi connectivity index (χ0) is 43.0. The molecule has 0 spiro atoms. The van der Waals surface area contributed by atoms with Gasteiger partial charge in [-0.3, -0.25) is 34.2 Å². The third kappa shape index (κ3) is 10.3. The van der Waals surface area contributed by atoms with Crippen molar-refractivity contribution in [3.8, 4) is 11.1 Å². The molecule has 2 fully saturated rings. The van der Waals surface area contributed by atoms with E-state index in [1.165, 1.54) is 24.4 Å². The van der Waals surface area contributed by atoms with Crippen molar-refractivity contribution in [1.82, 2.24) is 20.4 Å². The van der Waals surface area contributed by atoms with Crippen LogP contribution in [0.25, 0.3) is 23.3 Å². The number of likely N-dealkylation sites (tertiary alicyclic amines) is 1. The Morgan fingerprint density at radius 2 is 1.54 bits per heavy atom. The predicted octanol–water partition coefficient (Wildman–Crippen LogP) is 9.23. The van der Waals surface area contributed by atoms with Crippen LogP contribution in [0.5, 0.6) is 0 Å². The maximum atomic E-state index is 14.9. The normalized spacial score (nSPS) is 16.6. The lowest BCUT2D eigenvalue weighted by Gasteiger charge is -2.31. The summed E-state index contributed by atoms with van der Waals surface area (Å²) in [6.45, 7) is 5.79. The summed E-state index contributed by atoms with van der Waals surface area (Å²) in [5, 5.41) is 4.62. The first-order valence-corrected chi connectivity index (χ1v) is 20.6. The third-order valence-corrected chi connectivity index (χ3v) is 11.1. The molecule has 308 valence electrons. The maximum absolute atomic E-state index is 14.9. The van der Waals surface area contributed by atoms with Gasteiger partial charge in [0.15, 0.2) is 5.78 Å². The lowest BCUT2D eigenvalue weighted by molar-refractivity contribution is -0.116. The Morgan fingerprint density at radius 3 is 2.25 bits per heavy atom. The SMILES string of the molecule is CC(C)CN(Cc1ccccc1-c1ccccc1)[C@@H]1C/C(=C/NC(=O)/C=C/c2ccc(/C=C3\SC(=O)NC3=O)cc2)N(C(=O)c2ccccc2C(=O)c2ccc(F)cc2F)C1. The van der Waals surface area contributed by atoms with Gasteiger partial charge in [-0.05, 0) is 75.8 Å². The lowest BCUT2D eigenvalue weighted by atomic mass is 9.97. The molecule has 5 aromatic carbocycles. The van der Waals surface area contributed by atoms with Gasteiger partial charge in [0.25, 0.3) is 17.1 Å². The van der Waals surface area contributed by atoms with Gasteiger partial charge in [0, 0.05) is 61.7 Å². The molecule has 0 unspecified atom stereocenters. The van der Waals surface area contributed by atoms with E-state index in [0.29, 0.717) is 47.3 Å². The summed E-state index contributed by atoms with van der Waals surface area (Å²) < 4.78 is 28.6. The van der Waals surface area contributed by atoms with Gasteiger partial charge in [-0.15, -0.1) is 0 Å². The first-order chi connectivity index (χ1) is 29.4. The van der Waals surface area contributed by atoms with Gasteiger partial charge in [-0.1, -0.05) is 111 Å². The first-order valence-electron chi connectivity index (χ1n) is 19.7. The van der Waals surface area contributed by atoms with Crippen molar-refractivity contribution in [3.05, 3.63) is 189 Å². The Balaban J connectivity index is 1.17. The molecular formula is C49H42F2N4O5S. The van der Waals surface area contributed by atoms with E-state index in [1.54, 1.807) is 53.5 Å². The number of carbonyl (C=O) groups excluding carboxylic acids is 5. The molecule has 5 aromatic rings. The van der Waals surface area contributed by atoms with Gasteiger partial charge in [-0.2, -0.15) is 0 Å². The molecule has 0 radical (unpaired) electrons. The minimum Gasteiger partial charge on any atom is -0.327 e. The van der Waals surface area contributed by atoms with Crippen LogP contribution in [0, 0.1) is 17.6 Å². The molecule has 0 bridgehead atoms. The highest BCUT2D eigenvalue weighted by atomic mass is 32.2. The van der Waals surface area contributed by atoms with Crippen molar-refractivity contribution in [2.45, 2.75) is 32.9 Å². The van der Waals surface area contributed by atoms with E-state index >= 15 is 0 Å². The van der Waals surface area contributed by atoms with Gasteiger partial charge in [-0.25, -0.2) is 8.78 Å². The monoisotopic (exact) mass is 836 g/mol. The Kier molecular flexibility index (Phi) is 13.3. The summed E-state index contributed by atoms with van der Waals surface area (Å²) in [6.07, 6.45) is 6.49.